The van der Waals surface area contributed by atoms with Crippen LogP contribution in [0.25, 0.3) is 0 Å². The summed E-state index contributed by atoms with van der Waals surface area (Å²) in [6.07, 6.45) is 3.92. The number of aromatic nitrogens is 1. The Morgan fingerprint density at radius 2 is 1.76 bits per heavy atom. The zero-order valence-electron chi connectivity index (χ0n) is 19.0. The Morgan fingerprint density at radius 3 is 2.26 bits per heavy atom. The lowest BCUT2D eigenvalue weighted by molar-refractivity contribution is -0.136. The number of halogens is 1. The number of hydrogen-bond acceptors (Lipinski definition) is 7. The number of likely N-dealkylation sites (tertiary alicyclic amines) is 1. The van der Waals surface area contributed by atoms with Gasteiger partial charge in [-0.2, -0.15) is 4.31 Å². The number of hydrogen-bond donors (Lipinski definition) is 2. The van der Waals surface area contributed by atoms with E-state index in [1.807, 2.05) is 0 Å². The van der Waals surface area contributed by atoms with E-state index in [0.717, 1.165) is 4.31 Å². The van der Waals surface area contributed by atoms with E-state index in [9.17, 15) is 23.2 Å². The zero-order valence-corrected chi connectivity index (χ0v) is 20.6. The van der Waals surface area contributed by atoms with Crippen molar-refractivity contribution in [3.8, 4) is 5.75 Å². The second-order valence-corrected chi connectivity index (χ2v) is 9.74. The molecule has 186 valence electrons. The molecule has 1 aliphatic rings. The molecule has 0 bridgehead atoms. The largest absolute Gasteiger partial charge is 0.497 e. The number of hydroxylamine groups is 1. The Labute approximate surface area is 205 Å². The van der Waals surface area contributed by atoms with Crippen LogP contribution in [0, 0.1) is 5.92 Å². The first-order chi connectivity index (χ1) is 15.8. The van der Waals surface area contributed by atoms with Crippen LogP contribution in [0.5, 0.6) is 5.75 Å². The number of piperidine rings is 1. The Balaban J connectivity index is 0.00000408. The van der Waals surface area contributed by atoms with Crippen LogP contribution in [0.3, 0.4) is 0 Å². The van der Waals surface area contributed by atoms with Crippen LogP contribution in [0.1, 0.15) is 25.3 Å². The molecule has 3 rings (SSSR count). The van der Waals surface area contributed by atoms with Crippen LogP contribution >= 0.6 is 12.4 Å². The van der Waals surface area contributed by atoms with Gasteiger partial charge in [0.15, 0.2) is 0 Å². The Hall–Kier alpha value is -2.73. The maximum Gasteiger partial charge on any atom is 0.262 e. The van der Waals surface area contributed by atoms with Crippen LogP contribution in [-0.4, -0.2) is 65.9 Å². The van der Waals surface area contributed by atoms with Crippen molar-refractivity contribution in [2.45, 2.75) is 37.2 Å². The van der Waals surface area contributed by atoms with E-state index in [1.165, 1.54) is 38.3 Å². The first-order valence-electron chi connectivity index (χ1n) is 10.5. The predicted molar refractivity (Wildman–Crippen MR) is 126 cm³/mol. The van der Waals surface area contributed by atoms with Crippen LogP contribution in [0.2, 0.25) is 0 Å². The van der Waals surface area contributed by atoms with Gasteiger partial charge in [0.05, 0.1) is 12.0 Å². The summed E-state index contributed by atoms with van der Waals surface area (Å²) in [6.45, 7) is 2.19. The fraction of sp³-hybridized carbons (Fsp3) is 0.409. The number of methoxy groups -OCH3 is 1. The summed E-state index contributed by atoms with van der Waals surface area (Å²) in [5, 5.41) is 9.48. The molecule has 2 aromatic rings. The van der Waals surface area contributed by atoms with Crippen molar-refractivity contribution in [2.24, 2.45) is 5.92 Å². The van der Waals surface area contributed by atoms with Crippen molar-refractivity contribution < 1.29 is 28.0 Å². The van der Waals surface area contributed by atoms with Crippen molar-refractivity contribution in [2.75, 3.05) is 20.2 Å². The standard InChI is InChI=1S/C22H28N4O6S.ClH/c1-16(27)25-13-9-18(10-14-25)21(22(28)24-29)26(15-17-7-11-23-12-8-17)33(30,31)20-5-3-19(32-2)4-6-20;/h3-8,11-12,18,21,29H,9-10,13-15H2,1-2H3,(H,24,28);1H/t21-;/m1./s1. The first-order valence-corrected chi connectivity index (χ1v) is 12.0. The van der Waals surface area contributed by atoms with Gasteiger partial charge in [0.25, 0.3) is 5.91 Å². The van der Waals surface area contributed by atoms with Gasteiger partial charge in [0.1, 0.15) is 11.8 Å². The number of nitrogens with one attached hydrogen (secondary N) is 1. The number of nitrogens with zero attached hydrogens (tertiary/aromatic N) is 3. The maximum atomic E-state index is 13.8. The number of benzene rings is 1. The fourth-order valence-electron chi connectivity index (χ4n) is 4.06. The molecule has 10 nitrogen and oxygen atoms in total. The lowest BCUT2D eigenvalue weighted by Gasteiger charge is -2.39. The van der Waals surface area contributed by atoms with Crippen molar-refractivity contribution >= 4 is 34.2 Å². The highest BCUT2D eigenvalue weighted by molar-refractivity contribution is 7.89. The third-order valence-corrected chi connectivity index (χ3v) is 7.72. The second-order valence-electron chi connectivity index (χ2n) is 7.85. The first kappa shape index (κ1) is 27.5. The number of ether oxygens (including phenoxy) is 1. The second kappa shape index (κ2) is 12.1. The average Bonchev–Trinajstić information content (AvgIpc) is 2.84. The van der Waals surface area contributed by atoms with Gasteiger partial charge in [-0.3, -0.25) is 19.8 Å². The lowest BCUT2D eigenvalue weighted by atomic mass is 9.88. The molecule has 1 saturated heterocycles. The van der Waals surface area contributed by atoms with Crippen molar-refractivity contribution in [3.05, 3.63) is 54.4 Å². The number of rotatable bonds is 8. The Bertz CT molecular complexity index is 1060. The molecule has 1 atom stereocenters. The molecule has 1 aromatic heterocycles. The van der Waals surface area contributed by atoms with Gasteiger partial charge >= 0.3 is 0 Å². The van der Waals surface area contributed by atoms with Gasteiger partial charge in [-0.25, -0.2) is 13.9 Å². The molecule has 0 spiro atoms. The van der Waals surface area contributed by atoms with Crippen LogP contribution in [0.15, 0.2) is 53.7 Å². The molecule has 12 heteroatoms. The van der Waals surface area contributed by atoms with E-state index >= 15 is 0 Å². The normalized spacial score (nSPS) is 15.4. The van der Waals surface area contributed by atoms with E-state index in [0.29, 0.717) is 37.2 Å². The monoisotopic (exact) mass is 512 g/mol. The van der Waals surface area contributed by atoms with Crippen molar-refractivity contribution in [3.63, 3.8) is 0 Å². The van der Waals surface area contributed by atoms with Crippen LogP contribution in [-0.2, 0) is 26.2 Å². The minimum atomic E-state index is -4.15. The van der Waals surface area contributed by atoms with E-state index < -0.39 is 27.9 Å². The number of amides is 2. The molecule has 1 aliphatic heterocycles. The molecular formula is C22H29ClN4O6S. The highest BCUT2D eigenvalue weighted by atomic mass is 35.5. The molecule has 0 saturated carbocycles. The minimum Gasteiger partial charge on any atom is -0.497 e. The van der Waals surface area contributed by atoms with Crippen molar-refractivity contribution in [1.29, 1.82) is 0 Å². The molecule has 2 N–H and O–H groups in total. The highest BCUT2D eigenvalue weighted by Gasteiger charge is 2.42. The van der Waals surface area contributed by atoms with Crippen molar-refractivity contribution in [1.82, 2.24) is 19.7 Å². The topological polar surface area (TPSA) is 129 Å². The SMILES string of the molecule is COc1ccc(S(=O)(=O)N(Cc2ccncc2)[C@@H](C(=O)NO)C2CCN(C(C)=O)CC2)cc1.Cl. The zero-order chi connectivity index (χ0) is 24.0. The van der Waals surface area contributed by atoms with E-state index in [-0.39, 0.29) is 29.8 Å². The smallest absolute Gasteiger partial charge is 0.262 e. The molecule has 1 fully saturated rings. The average molecular weight is 513 g/mol. The molecule has 2 amide bonds. The quantitative estimate of drug-likeness (QED) is 0.407. The summed E-state index contributed by atoms with van der Waals surface area (Å²) in [4.78, 5) is 30.2. The van der Waals surface area contributed by atoms with Gasteiger partial charge in [-0.05, 0) is 60.7 Å². The summed E-state index contributed by atoms with van der Waals surface area (Å²) in [6, 6.07) is 8.06. The summed E-state index contributed by atoms with van der Waals surface area (Å²) < 4.78 is 33.7. The Kier molecular flexibility index (Phi) is 9.80. The summed E-state index contributed by atoms with van der Waals surface area (Å²) in [5.41, 5.74) is 2.28. The number of pyridine rings is 1. The number of sulfonamides is 1. The number of carbonyl (C=O) groups is 2. The molecule has 2 heterocycles. The van der Waals surface area contributed by atoms with Gasteiger partial charge in [-0.1, -0.05) is 0 Å². The number of carbonyl (C=O) groups excluding carboxylic acids is 2. The third-order valence-electron chi connectivity index (χ3n) is 5.87. The van der Waals surface area contributed by atoms with E-state index in [4.69, 9.17) is 4.74 Å². The maximum absolute atomic E-state index is 13.8. The summed E-state index contributed by atoms with van der Waals surface area (Å²) in [7, 11) is -2.67. The Morgan fingerprint density at radius 1 is 1.18 bits per heavy atom. The third kappa shape index (κ3) is 6.23. The van der Waals surface area contributed by atoms with E-state index in [1.54, 1.807) is 34.9 Å². The van der Waals surface area contributed by atoms with Gasteiger partial charge in [0.2, 0.25) is 15.9 Å². The molecule has 1 aromatic carbocycles. The van der Waals surface area contributed by atoms with E-state index in [2.05, 4.69) is 4.98 Å². The molecule has 34 heavy (non-hydrogen) atoms. The van der Waals surface area contributed by atoms with Crippen LogP contribution < -0.4 is 10.2 Å². The highest BCUT2D eigenvalue weighted by Crippen LogP contribution is 2.31. The molecule has 0 aliphatic carbocycles. The summed E-state index contributed by atoms with van der Waals surface area (Å²) >= 11 is 0. The molecule has 0 unspecified atom stereocenters. The fourth-order valence-corrected chi connectivity index (χ4v) is 5.70. The van der Waals surface area contributed by atoms with Gasteiger partial charge in [-0.15, -0.1) is 12.4 Å². The lowest BCUT2D eigenvalue weighted by Crippen LogP contribution is -2.54. The van der Waals surface area contributed by atoms with Crippen LogP contribution in [0.4, 0.5) is 0 Å². The summed E-state index contributed by atoms with van der Waals surface area (Å²) in [5.74, 6) is -0.794. The van der Waals surface area contributed by atoms with Gasteiger partial charge in [0, 0.05) is 39.0 Å². The predicted octanol–water partition coefficient (Wildman–Crippen LogP) is 1.84. The minimum absolute atomic E-state index is 0. The molecule has 0 radical (unpaired) electrons. The van der Waals surface area contributed by atoms with Gasteiger partial charge < -0.3 is 9.64 Å². The molecular weight excluding hydrogens is 484 g/mol.